The molecule has 2 heterocycles. The molecule has 1 aliphatic heterocycles. The maximum atomic E-state index is 10.8. The van der Waals surface area contributed by atoms with Gasteiger partial charge in [-0.3, -0.25) is 4.68 Å². The summed E-state index contributed by atoms with van der Waals surface area (Å²) in [5.41, 5.74) is 1.84. The fourth-order valence-corrected chi connectivity index (χ4v) is 1.58. The topological polar surface area (TPSA) is 64.4 Å². The van der Waals surface area contributed by atoms with Crippen molar-refractivity contribution in [1.82, 2.24) is 9.78 Å². The first-order chi connectivity index (χ1) is 7.18. The van der Waals surface area contributed by atoms with Crippen LogP contribution in [0, 0.1) is 0 Å². The Morgan fingerprint density at radius 1 is 1.67 bits per heavy atom. The van der Waals surface area contributed by atoms with Gasteiger partial charge in [0.1, 0.15) is 5.69 Å². The van der Waals surface area contributed by atoms with Crippen molar-refractivity contribution in [2.75, 3.05) is 6.61 Å². The lowest BCUT2D eigenvalue weighted by molar-refractivity contribution is 0.0685. The first kappa shape index (κ1) is 9.76. The maximum absolute atomic E-state index is 10.8. The summed E-state index contributed by atoms with van der Waals surface area (Å²) < 4.78 is 6.56. The van der Waals surface area contributed by atoms with E-state index in [2.05, 4.69) is 5.10 Å². The van der Waals surface area contributed by atoms with Crippen LogP contribution in [0.4, 0.5) is 0 Å². The van der Waals surface area contributed by atoms with E-state index < -0.39 is 5.97 Å². The Labute approximate surface area is 87.0 Å². The highest BCUT2D eigenvalue weighted by Crippen LogP contribution is 2.22. The van der Waals surface area contributed by atoms with E-state index in [1.807, 2.05) is 0 Å². The van der Waals surface area contributed by atoms with Gasteiger partial charge in [0.25, 0.3) is 0 Å². The van der Waals surface area contributed by atoms with E-state index in [0.29, 0.717) is 5.69 Å². The fraction of sp³-hybridized carbons (Fsp3) is 0.400. The third kappa shape index (κ3) is 1.86. The second-order valence-corrected chi connectivity index (χ2v) is 3.46. The molecule has 5 nitrogen and oxygen atoms in total. The summed E-state index contributed by atoms with van der Waals surface area (Å²) in [5, 5.41) is 13.0. The number of carboxylic acid groups (broad SMARTS) is 1. The molecule has 0 amide bonds. The molecule has 1 aromatic rings. The minimum atomic E-state index is -0.964. The van der Waals surface area contributed by atoms with Gasteiger partial charge in [-0.1, -0.05) is 0 Å². The summed E-state index contributed by atoms with van der Waals surface area (Å²) in [6, 6.07) is 1.57. The molecule has 0 aliphatic carbocycles. The Balaban J connectivity index is 2.33. The lowest BCUT2D eigenvalue weighted by Gasteiger charge is -2.10. The standard InChI is InChI=1S/C10H12N2O3/c1-12-9(10(13)14)5-8(11-12)7-3-2-4-15-6-7/h5-6H,2-4H2,1H3,(H,13,14). The average Bonchev–Trinajstić information content (AvgIpc) is 2.62. The van der Waals surface area contributed by atoms with Crippen molar-refractivity contribution >= 4 is 11.5 Å². The molecule has 1 aromatic heterocycles. The van der Waals surface area contributed by atoms with Gasteiger partial charge >= 0.3 is 5.97 Å². The van der Waals surface area contributed by atoms with Crippen LogP contribution in [0.2, 0.25) is 0 Å². The number of aromatic nitrogens is 2. The van der Waals surface area contributed by atoms with Gasteiger partial charge in [0, 0.05) is 12.6 Å². The van der Waals surface area contributed by atoms with Gasteiger partial charge in [-0.15, -0.1) is 0 Å². The highest BCUT2D eigenvalue weighted by molar-refractivity contribution is 5.86. The fourth-order valence-electron chi connectivity index (χ4n) is 1.58. The van der Waals surface area contributed by atoms with Crippen LogP contribution in [-0.2, 0) is 11.8 Å². The molecule has 0 atom stereocenters. The van der Waals surface area contributed by atoms with Crippen LogP contribution in [-0.4, -0.2) is 27.5 Å². The van der Waals surface area contributed by atoms with E-state index >= 15 is 0 Å². The number of rotatable bonds is 2. The van der Waals surface area contributed by atoms with Crippen molar-refractivity contribution in [3.63, 3.8) is 0 Å². The van der Waals surface area contributed by atoms with Crippen LogP contribution in [0.15, 0.2) is 12.3 Å². The second kappa shape index (κ2) is 3.76. The summed E-state index contributed by atoms with van der Waals surface area (Å²) in [6.45, 7) is 0.724. The SMILES string of the molecule is Cn1nc(C2=COCCC2)cc1C(=O)O. The van der Waals surface area contributed by atoms with Crippen LogP contribution in [0.5, 0.6) is 0 Å². The Morgan fingerprint density at radius 3 is 3.00 bits per heavy atom. The monoisotopic (exact) mass is 208 g/mol. The number of aromatic carboxylic acids is 1. The van der Waals surface area contributed by atoms with Gasteiger partial charge < -0.3 is 9.84 Å². The lowest BCUT2D eigenvalue weighted by Crippen LogP contribution is -2.04. The van der Waals surface area contributed by atoms with Crippen molar-refractivity contribution in [2.45, 2.75) is 12.8 Å². The first-order valence-corrected chi connectivity index (χ1v) is 4.77. The zero-order valence-corrected chi connectivity index (χ0v) is 8.43. The predicted molar refractivity (Wildman–Crippen MR) is 53.3 cm³/mol. The van der Waals surface area contributed by atoms with E-state index in [-0.39, 0.29) is 5.69 Å². The average molecular weight is 208 g/mol. The number of hydrogen-bond donors (Lipinski definition) is 1. The Hall–Kier alpha value is -1.78. The smallest absolute Gasteiger partial charge is 0.354 e. The number of ether oxygens (including phenoxy) is 1. The normalized spacial score (nSPS) is 15.7. The van der Waals surface area contributed by atoms with E-state index in [0.717, 1.165) is 25.0 Å². The molecule has 80 valence electrons. The van der Waals surface area contributed by atoms with Gasteiger partial charge in [0.15, 0.2) is 0 Å². The summed E-state index contributed by atoms with van der Waals surface area (Å²) in [4.78, 5) is 10.8. The van der Waals surface area contributed by atoms with Crippen LogP contribution in [0.3, 0.4) is 0 Å². The number of allylic oxidation sites excluding steroid dienone is 1. The Bertz CT molecular complexity index is 420. The zero-order valence-electron chi connectivity index (χ0n) is 8.43. The molecular weight excluding hydrogens is 196 g/mol. The molecule has 2 rings (SSSR count). The number of carboxylic acids is 1. The number of hydrogen-bond acceptors (Lipinski definition) is 3. The van der Waals surface area contributed by atoms with E-state index in [1.54, 1.807) is 19.4 Å². The first-order valence-electron chi connectivity index (χ1n) is 4.77. The molecule has 0 saturated heterocycles. The van der Waals surface area contributed by atoms with Crippen molar-refractivity contribution in [3.8, 4) is 0 Å². The van der Waals surface area contributed by atoms with Crippen LogP contribution >= 0.6 is 0 Å². The van der Waals surface area contributed by atoms with Crippen molar-refractivity contribution in [3.05, 3.63) is 23.7 Å². The van der Waals surface area contributed by atoms with E-state index in [1.165, 1.54) is 4.68 Å². The summed E-state index contributed by atoms with van der Waals surface area (Å²) in [5.74, 6) is -0.964. The highest BCUT2D eigenvalue weighted by atomic mass is 16.5. The van der Waals surface area contributed by atoms with Crippen molar-refractivity contribution in [1.29, 1.82) is 0 Å². The molecule has 0 radical (unpaired) electrons. The van der Waals surface area contributed by atoms with Crippen LogP contribution < -0.4 is 0 Å². The number of carbonyl (C=O) groups is 1. The lowest BCUT2D eigenvalue weighted by atomic mass is 10.1. The third-order valence-corrected chi connectivity index (χ3v) is 2.36. The van der Waals surface area contributed by atoms with Gasteiger partial charge in [-0.05, 0) is 18.9 Å². The van der Waals surface area contributed by atoms with Gasteiger partial charge in [0.05, 0.1) is 18.6 Å². The largest absolute Gasteiger partial charge is 0.501 e. The van der Waals surface area contributed by atoms with Crippen molar-refractivity contribution in [2.24, 2.45) is 7.05 Å². The van der Waals surface area contributed by atoms with Crippen molar-refractivity contribution < 1.29 is 14.6 Å². The third-order valence-electron chi connectivity index (χ3n) is 2.36. The summed E-state index contributed by atoms with van der Waals surface area (Å²) >= 11 is 0. The quantitative estimate of drug-likeness (QED) is 0.794. The molecule has 0 saturated carbocycles. The molecule has 0 unspecified atom stereocenters. The zero-order chi connectivity index (χ0) is 10.8. The van der Waals surface area contributed by atoms with E-state index in [9.17, 15) is 4.79 Å². The maximum Gasteiger partial charge on any atom is 0.354 e. The molecule has 0 bridgehead atoms. The molecular formula is C10H12N2O3. The number of nitrogens with zero attached hydrogens (tertiary/aromatic N) is 2. The molecule has 1 N–H and O–H groups in total. The van der Waals surface area contributed by atoms with Crippen LogP contribution in [0.25, 0.3) is 5.57 Å². The molecule has 15 heavy (non-hydrogen) atoms. The Kier molecular flexibility index (Phi) is 2.45. The highest BCUT2D eigenvalue weighted by Gasteiger charge is 2.15. The molecule has 0 aromatic carbocycles. The summed E-state index contributed by atoms with van der Waals surface area (Å²) in [6.07, 6.45) is 3.50. The predicted octanol–water partition coefficient (Wildman–Crippen LogP) is 1.27. The van der Waals surface area contributed by atoms with E-state index in [4.69, 9.17) is 9.84 Å². The van der Waals surface area contributed by atoms with Gasteiger partial charge in [-0.25, -0.2) is 4.79 Å². The minimum absolute atomic E-state index is 0.191. The second-order valence-electron chi connectivity index (χ2n) is 3.46. The summed E-state index contributed by atoms with van der Waals surface area (Å²) in [7, 11) is 1.62. The molecule has 5 heteroatoms. The minimum Gasteiger partial charge on any atom is -0.501 e. The van der Waals surface area contributed by atoms with Gasteiger partial charge in [-0.2, -0.15) is 5.10 Å². The van der Waals surface area contributed by atoms with Gasteiger partial charge in [0.2, 0.25) is 0 Å². The number of aryl methyl sites for hydroxylation is 1. The Morgan fingerprint density at radius 2 is 2.47 bits per heavy atom. The van der Waals surface area contributed by atoms with Crippen LogP contribution in [0.1, 0.15) is 29.0 Å². The molecule has 1 aliphatic rings. The molecule has 0 fully saturated rings. The molecule has 0 spiro atoms.